The maximum atomic E-state index is 10.4. The van der Waals surface area contributed by atoms with Crippen LogP contribution in [0.25, 0.3) is 0 Å². The molecule has 0 unspecified atom stereocenters. The first-order valence-electron chi connectivity index (χ1n) is 6.66. The number of nitrogens with zero attached hydrogens (tertiary/aromatic N) is 2. The fraction of sp³-hybridized carbons (Fsp3) is 0.357. The predicted molar refractivity (Wildman–Crippen MR) is 78.5 cm³/mol. The van der Waals surface area contributed by atoms with Gasteiger partial charge in [0.15, 0.2) is 0 Å². The number of anilines is 1. The van der Waals surface area contributed by atoms with Gasteiger partial charge in [0, 0.05) is 6.04 Å². The second-order valence-corrected chi connectivity index (χ2v) is 5.97. The summed E-state index contributed by atoms with van der Waals surface area (Å²) in [6.07, 6.45) is 1.97. The fourth-order valence-corrected chi connectivity index (χ4v) is 3.19. The van der Waals surface area contributed by atoms with Crippen LogP contribution in [0.1, 0.15) is 16.1 Å². The number of fused-ring (bicyclic) bond motifs is 1. The van der Waals surface area contributed by atoms with Crippen molar-refractivity contribution < 1.29 is 14.6 Å². The van der Waals surface area contributed by atoms with Crippen molar-refractivity contribution in [2.75, 3.05) is 11.9 Å². The largest absolute Gasteiger partial charge is 0.480 e. The number of carboxylic acid groups (broad SMARTS) is 1. The minimum Gasteiger partial charge on any atom is -0.480 e. The molecule has 21 heavy (non-hydrogen) atoms. The molecule has 1 heterocycles. The lowest BCUT2D eigenvalue weighted by Crippen LogP contribution is -2.19. The van der Waals surface area contributed by atoms with Gasteiger partial charge < -0.3 is 15.2 Å². The van der Waals surface area contributed by atoms with Crippen molar-refractivity contribution in [3.8, 4) is 0 Å². The molecule has 0 radical (unpaired) electrons. The molecule has 1 aliphatic rings. The summed E-state index contributed by atoms with van der Waals surface area (Å²) in [5.41, 5.74) is 2.76. The molecule has 3 rings (SSSR count). The van der Waals surface area contributed by atoms with Crippen LogP contribution in [0.4, 0.5) is 5.13 Å². The third kappa shape index (κ3) is 3.56. The second kappa shape index (κ2) is 6.19. The van der Waals surface area contributed by atoms with Crippen molar-refractivity contribution in [3.05, 3.63) is 40.4 Å². The van der Waals surface area contributed by atoms with Crippen LogP contribution in [0.5, 0.6) is 0 Å². The van der Waals surface area contributed by atoms with Crippen LogP contribution in [-0.2, 0) is 29.0 Å². The van der Waals surface area contributed by atoms with E-state index in [4.69, 9.17) is 9.84 Å². The molecule has 6 nitrogen and oxygen atoms in total. The number of hydrogen-bond donors (Lipinski definition) is 2. The van der Waals surface area contributed by atoms with Crippen LogP contribution in [0, 0.1) is 0 Å². The quantitative estimate of drug-likeness (QED) is 0.845. The zero-order valence-electron chi connectivity index (χ0n) is 11.3. The van der Waals surface area contributed by atoms with Crippen LogP contribution < -0.4 is 5.32 Å². The predicted octanol–water partition coefficient (Wildman–Crippen LogP) is 1.72. The lowest BCUT2D eigenvalue weighted by Gasteiger charge is -2.09. The molecule has 1 aromatic heterocycles. The van der Waals surface area contributed by atoms with Gasteiger partial charge in [-0.3, -0.25) is 0 Å². The van der Waals surface area contributed by atoms with E-state index in [1.807, 2.05) is 0 Å². The molecule has 0 atom stereocenters. The first-order chi connectivity index (χ1) is 10.2. The SMILES string of the molecule is O=C(O)COCc1nnc(NC2Cc3ccccc3C2)s1. The van der Waals surface area contributed by atoms with Crippen molar-refractivity contribution in [1.29, 1.82) is 0 Å². The van der Waals surface area contributed by atoms with Crippen LogP contribution in [0.2, 0.25) is 0 Å². The van der Waals surface area contributed by atoms with Crippen LogP contribution in [-0.4, -0.2) is 33.9 Å². The highest BCUT2D eigenvalue weighted by molar-refractivity contribution is 7.15. The molecule has 2 aromatic rings. The molecular weight excluding hydrogens is 290 g/mol. The molecule has 110 valence electrons. The number of aromatic nitrogens is 2. The first-order valence-corrected chi connectivity index (χ1v) is 7.47. The maximum absolute atomic E-state index is 10.4. The Bertz CT molecular complexity index is 619. The van der Waals surface area contributed by atoms with Crippen LogP contribution in [0.3, 0.4) is 0 Å². The van der Waals surface area contributed by atoms with Crippen molar-refractivity contribution >= 4 is 22.4 Å². The van der Waals surface area contributed by atoms with Gasteiger partial charge in [0.05, 0.1) is 0 Å². The zero-order valence-corrected chi connectivity index (χ0v) is 12.1. The smallest absolute Gasteiger partial charge is 0.329 e. The van der Waals surface area contributed by atoms with Gasteiger partial charge in [-0.2, -0.15) is 0 Å². The Morgan fingerprint density at radius 1 is 1.33 bits per heavy atom. The molecule has 1 aliphatic carbocycles. The standard InChI is InChI=1S/C14H15N3O3S/c18-13(19)8-20-7-12-16-17-14(21-12)15-11-5-9-3-1-2-4-10(9)6-11/h1-4,11H,5-8H2,(H,15,17)(H,18,19). The van der Waals surface area contributed by atoms with E-state index in [9.17, 15) is 4.79 Å². The summed E-state index contributed by atoms with van der Waals surface area (Å²) in [5, 5.41) is 21.4. The molecule has 0 aliphatic heterocycles. The van der Waals surface area contributed by atoms with Crippen molar-refractivity contribution in [1.82, 2.24) is 10.2 Å². The van der Waals surface area contributed by atoms with Crippen LogP contribution >= 0.6 is 11.3 Å². The highest BCUT2D eigenvalue weighted by Crippen LogP contribution is 2.25. The normalized spacial score (nSPS) is 14.1. The molecule has 0 fully saturated rings. The first kappa shape index (κ1) is 14.0. The second-order valence-electron chi connectivity index (χ2n) is 4.91. The molecule has 0 amide bonds. The average molecular weight is 305 g/mol. The number of ether oxygens (including phenoxy) is 1. The van der Waals surface area contributed by atoms with E-state index in [2.05, 4.69) is 39.8 Å². The highest BCUT2D eigenvalue weighted by Gasteiger charge is 2.21. The van der Waals surface area contributed by atoms with E-state index >= 15 is 0 Å². The molecule has 0 spiro atoms. The maximum Gasteiger partial charge on any atom is 0.329 e. The van der Waals surface area contributed by atoms with E-state index in [-0.39, 0.29) is 13.2 Å². The average Bonchev–Trinajstić information content (AvgIpc) is 3.04. The zero-order chi connectivity index (χ0) is 14.7. The topological polar surface area (TPSA) is 84.3 Å². The number of benzene rings is 1. The van der Waals surface area contributed by atoms with Gasteiger partial charge in [-0.1, -0.05) is 35.6 Å². The lowest BCUT2D eigenvalue weighted by molar-refractivity contribution is -0.142. The van der Waals surface area contributed by atoms with E-state index < -0.39 is 5.97 Å². The summed E-state index contributed by atoms with van der Waals surface area (Å²) in [6, 6.07) is 8.77. The number of nitrogens with one attached hydrogen (secondary N) is 1. The van der Waals surface area contributed by atoms with Gasteiger partial charge in [0.2, 0.25) is 5.13 Å². The Morgan fingerprint density at radius 2 is 2.05 bits per heavy atom. The highest BCUT2D eigenvalue weighted by atomic mass is 32.1. The number of hydrogen-bond acceptors (Lipinski definition) is 6. The lowest BCUT2D eigenvalue weighted by atomic mass is 10.1. The van der Waals surface area contributed by atoms with Gasteiger partial charge in [-0.15, -0.1) is 10.2 Å². The van der Waals surface area contributed by atoms with Gasteiger partial charge in [0.1, 0.15) is 18.2 Å². The number of carboxylic acids is 1. The van der Waals surface area contributed by atoms with Gasteiger partial charge in [-0.25, -0.2) is 4.79 Å². The number of aliphatic carboxylic acids is 1. The summed E-state index contributed by atoms with van der Waals surface area (Å²) in [4.78, 5) is 10.4. The Labute approximate surface area is 125 Å². The van der Waals surface area contributed by atoms with Gasteiger partial charge in [-0.05, 0) is 24.0 Å². The third-order valence-electron chi connectivity index (χ3n) is 3.30. The Kier molecular flexibility index (Phi) is 4.12. The molecule has 1 aromatic carbocycles. The minimum absolute atomic E-state index is 0.177. The van der Waals surface area contributed by atoms with Crippen LogP contribution in [0.15, 0.2) is 24.3 Å². The van der Waals surface area contributed by atoms with Gasteiger partial charge in [0.25, 0.3) is 0 Å². The van der Waals surface area contributed by atoms with Crippen molar-refractivity contribution in [3.63, 3.8) is 0 Å². The molecule has 7 heteroatoms. The number of carbonyl (C=O) groups is 1. The van der Waals surface area contributed by atoms with E-state index in [0.29, 0.717) is 11.0 Å². The summed E-state index contributed by atoms with van der Waals surface area (Å²) >= 11 is 1.40. The monoisotopic (exact) mass is 305 g/mol. The third-order valence-corrected chi connectivity index (χ3v) is 4.12. The van der Waals surface area contributed by atoms with Gasteiger partial charge >= 0.3 is 5.97 Å². The van der Waals surface area contributed by atoms with E-state index in [0.717, 1.165) is 18.0 Å². The Morgan fingerprint density at radius 3 is 2.71 bits per heavy atom. The van der Waals surface area contributed by atoms with Crippen molar-refractivity contribution in [2.45, 2.75) is 25.5 Å². The molecule has 0 bridgehead atoms. The van der Waals surface area contributed by atoms with E-state index in [1.54, 1.807) is 0 Å². The summed E-state index contributed by atoms with van der Waals surface area (Å²) in [6.45, 7) is -0.142. The molecule has 2 N–H and O–H groups in total. The van der Waals surface area contributed by atoms with Crippen molar-refractivity contribution in [2.24, 2.45) is 0 Å². The Balaban J connectivity index is 1.53. The molecular formula is C14H15N3O3S. The summed E-state index contributed by atoms with van der Waals surface area (Å²) < 4.78 is 5.00. The summed E-state index contributed by atoms with van der Waals surface area (Å²) in [5.74, 6) is -0.985. The molecule has 0 saturated carbocycles. The molecule has 0 saturated heterocycles. The summed E-state index contributed by atoms with van der Waals surface area (Å²) in [7, 11) is 0. The van der Waals surface area contributed by atoms with E-state index in [1.165, 1.54) is 22.5 Å². The fourth-order valence-electron chi connectivity index (χ4n) is 2.43. The minimum atomic E-state index is -0.985. The Hall–Kier alpha value is -1.99. The number of rotatable bonds is 6.